The van der Waals surface area contributed by atoms with Crippen LogP contribution in [0.5, 0.6) is 0 Å². The van der Waals surface area contributed by atoms with Gasteiger partial charge in [0.15, 0.2) is 0 Å². The second-order valence-corrected chi connectivity index (χ2v) is 3.89. The maximum atomic E-state index is 12.7. The minimum Gasteiger partial charge on any atom is -0.478 e. The molecule has 0 aliphatic heterocycles. The van der Waals surface area contributed by atoms with Crippen LogP contribution >= 0.6 is 11.6 Å². The van der Waals surface area contributed by atoms with Crippen LogP contribution in [-0.4, -0.2) is 16.1 Å². The first-order valence-corrected chi connectivity index (χ1v) is 5.36. The molecule has 2 N–H and O–H groups in total. The van der Waals surface area contributed by atoms with Gasteiger partial charge >= 0.3 is 5.97 Å². The molecule has 0 atom stereocenters. The summed E-state index contributed by atoms with van der Waals surface area (Å²) < 4.78 is 12.7. The lowest BCUT2D eigenvalue weighted by Crippen LogP contribution is -2.00. The number of benzene rings is 1. The number of hydrogen-bond donors (Lipinski definition) is 2. The molecule has 0 spiro atoms. The van der Waals surface area contributed by atoms with E-state index in [1.165, 1.54) is 36.4 Å². The largest absolute Gasteiger partial charge is 0.478 e. The van der Waals surface area contributed by atoms with Gasteiger partial charge in [0.05, 0.1) is 5.56 Å². The van der Waals surface area contributed by atoms with E-state index in [4.69, 9.17) is 16.7 Å². The zero-order valence-corrected chi connectivity index (χ0v) is 9.78. The SMILES string of the molecule is O=C(O)c1cc(Cl)nc(Nc2ccc(F)cc2)c1. The molecule has 2 rings (SSSR count). The maximum Gasteiger partial charge on any atom is 0.335 e. The summed E-state index contributed by atoms with van der Waals surface area (Å²) in [7, 11) is 0. The van der Waals surface area contributed by atoms with Crippen LogP contribution in [0, 0.1) is 5.82 Å². The number of nitrogens with one attached hydrogen (secondary N) is 1. The summed E-state index contributed by atoms with van der Waals surface area (Å²) in [5.74, 6) is -1.17. The van der Waals surface area contributed by atoms with Gasteiger partial charge in [-0.05, 0) is 36.4 Å². The van der Waals surface area contributed by atoms with Gasteiger partial charge in [0.25, 0.3) is 0 Å². The van der Waals surface area contributed by atoms with E-state index in [1.807, 2.05) is 0 Å². The highest BCUT2D eigenvalue weighted by Gasteiger charge is 2.07. The monoisotopic (exact) mass is 266 g/mol. The Kier molecular flexibility index (Phi) is 3.43. The van der Waals surface area contributed by atoms with Crippen LogP contribution in [0.1, 0.15) is 10.4 Å². The lowest BCUT2D eigenvalue weighted by molar-refractivity contribution is 0.0697. The third kappa shape index (κ3) is 2.95. The summed E-state index contributed by atoms with van der Waals surface area (Å²) in [6.07, 6.45) is 0. The number of halogens is 2. The highest BCUT2D eigenvalue weighted by atomic mass is 35.5. The fourth-order valence-corrected chi connectivity index (χ4v) is 1.57. The van der Waals surface area contributed by atoms with Crippen molar-refractivity contribution in [1.29, 1.82) is 0 Å². The predicted molar refractivity (Wildman–Crippen MR) is 65.9 cm³/mol. The van der Waals surface area contributed by atoms with Gasteiger partial charge in [0, 0.05) is 5.69 Å². The fourth-order valence-electron chi connectivity index (χ4n) is 1.37. The first kappa shape index (κ1) is 12.3. The Labute approximate surface area is 107 Å². The molecule has 1 aromatic heterocycles. The number of nitrogens with zero attached hydrogens (tertiary/aromatic N) is 1. The van der Waals surface area contributed by atoms with E-state index in [-0.39, 0.29) is 22.4 Å². The van der Waals surface area contributed by atoms with Crippen LogP contribution < -0.4 is 5.32 Å². The Morgan fingerprint density at radius 1 is 1.28 bits per heavy atom. The van der Waals surface area contributed by atoms with Gasteiger partial charge in [-0.1, -0.05) is 11.6 Å². The lowest BCUT2D eigenvalue weighted by Gasteiger charge is -2.06. The highest BCUT2D eigenvalue weighted by molar-refractivity contribution is 6.29. The van der Waals surface area contributed by atoms with Crippen molar-refractivity contribution in [1.82, 2.24) is 4.98 Å². The number of hydrogen-bond acceptors (Lipinski definition) is 3. The first-order valence-electron chi connectivity index (χ1n) is 4.98. The third-order valence-corrected chi connectivity index (χ3v) is 2.35. The van der Waals surface area contributed by atoms with E-state index in [0.717, 1.165) is 0 Å². The molecule has 0 bridgehead atoms. The van der Waals surface area contributed by atoms with E-state index in [9.17, 15) is 9.18 Å². The molecule has 92 valence electrons. The van der Waals surface area contributed by atoms with E-state index >= 15 is 0 Å². The van der Waals surface area contributed by atoms with E-state index in [0.29, 0.717) is 5.69 Å². The Hall–Kier alpha value is -2.14. The van der Waals surface area contributed by atoms with Gasteiger partial charge in [0.2, 0.25) is 0 Å². The molecule has 0 fully saturated rings. The van der Waals surface area contributed by atoms with Crippen molar-refractivity contribution in [3.05, 3.63) is 52.9 Å². The molecule has 6 heteroatoms. The molecule has 2 aromatic rings. The van der Waals surface area contributed by atoms with Gasteiger partial charge < -0.3 is 10.4 Å². The van der Waals surface area contributed by atoms with Gasteiger partial charge in [-0.2, -0.15) is 0 Å². The predicted octanol–water partition coefficient (Wildman–Crippen LogP) is 3.32. The molecular formula is C12H8ClFN2O2. The van der Waals surface area contributed by atoms with Crippen molar-refractivity contribution in [3.63, 3.8) is 0 Å². The molecule has 1 aromatic carbocycles. The molecule has 18 heavy (non-hydrogen) atoms. The molecule has 0 saturated heterocycles. The number of anilines is 2. The lowest BCUT2D eigenvalue weighted by atomic mass is 10.2. The van der Waals surface area contributed by atoms with Crippen molar-refractivity contribution >= 4 is 29.1 Å². The molecule has 0 aliphatic rings. The second-order valence-electron chi connectivity index (χ2n) is 3.50. The molecule has 4 nitrogen and oxygen atoms in total. The van der Waals surface area contributed by atoms with Crippen molar-refractivity contribution in [2.24, 2.45) is 0 Å². The number of aromatic nitrogens is 1. The summed E-state index contributed by atoms with van der Waals surface area (Å²) in [6, 6.07) is 8.18. The number of rotatable bonds is 3. The Morgan fingerprint density at radius 3 is 2.56 bits per heavy atom. The Bertz CT molecular complexity index is 587. The van der Waals surface area contributed by atoms with Crippen molar-refractivity contribution in [3.8, 4) is 0 Å². The minimum absolute atomic E-state index is 0.0274. The summed E-state index contributed by atoms with van der Waals surface area (Å²) in [4.78, 5) is 14.8. The molecule has 0 unspecified atom stereocenters. The summed E-state index contributed by atoms with van der Waals surface area (Å²) in [5.41, 5.74) is 0.613. The van der Waals surface area contributed by atoms with Crippen molar-refractivity contribution in [2.45, 2.75) is 0 Å². The number of carboxylic acid groups (broad SMARTS) is 1. The summed E-state index contributed by atoms with van der Waals surface area (Å²) in [6.45, 7) is 0. The van der Waals surface area contributed by atoms with Gasteiger partial charge in [-0.15, -0.1) is 0 Å². The minimum atomic E-state index is -1.10. The van der Waals surface area contributed by atoms with Gasteiger partial charge in [0.1, 0.15) is 16.8 Å². The maximum absolute atomic E-state index is 12.7. The zero-order valence-electron chi connectivity index (χ0n) is 9.02. The molecule has 0 amide bonds. The smallest absolute Gasteiger partial charge is 0.335 e. The van der Waals surface area contributed by atoms with Crippen LogP contribution in [-0.2, 0) is 0 Å². The fraction of sp³-hybridized carbons (Fsp3) is 0. The van der Waals surface area contributed by atoms with Crippen molar-refractivity contribution in [2.75, 3.05) is 5.32 Å². The van der Waals surface area contributed by atoms with E-state index in [2.05, 4.69) is 10.3 Å². The first-order chi connectivity index (χ1) is 8.54. The highest BCUT2D eigenvalue weighted by Crippen LogP contribution is 2.19. The van der Waals surface area contributed by atoms with Crippen LogP contribution in [0.2, 0.25) is 5.15 Å². The number of aromatic carboxylic acids is 1. The average molecular weight is 267 g/mol. The molecule has 1 heterocycles. The van der Waals surface area contributed by atoms with Crippen LogP contribution in [0.25, 0.3) is 0 Å². The van der Waals surface area contributed by atoms with Gasteiger partial charge in [-0.3, -0.25) is 0 Å². The number of carbonyl (C=O) groups is 1. The van der Waals surface area contributed by atoms with Crippen molar-refractivity contribution < 1.29 is 14.3 Å². The molecule has 0 aliphatic carbocycles. The number of pyridine rings is 1. The quantitative estimate of drug-likeness (QED) is 0.837. The second kappa shape index (κ2) is 5.01. The zero-order chi connectivity index (χ0) is 13.1. The molecule has 0 radical (unpaired) electrons. The Morgan fingerprint density at radius 2 is 1.94 bits per heavy atom. The van der Waals surface area contributed by atoms with E-state index < -0.39 is 5.97 Å². The molecular weight excluding hydrogens is 259 g/mol. The third-order valence-electron chi connectivity index (χ3n) is 2.16. The Balaban J connectivity index is 2.28. The van der Waals surface area contributed by atoms with E-state index in [1.54, 1.807) is 0 Å². The number of carboxylic acids is 1. The van der Waals surface area contributed by atoms with Crippen LogP contribution in [0.15, 0.2) is 36.4 Å². The molecule has 0 saturated carbocycles. The topological polar surface area (TPSA) is 62.2 Å². The van der Waals surface area contributed by atoms with Gasteiger partial charge in [-0.25, -0.2) is 14.2 Å². The summed E-state index contributed by atoms with van der Waals surface area (Å²) >= 11 is 5.71. The standard InChI is InChI=1S/C12H8ClFN2O2/c13-10-5-7(12(17)18)6-11(16-10)15-9-3-1-8(14)2-4-9/h1-6H,(H,15,16)(H,17,18). The van der Waals surface area contributed by atoms with Crippen LogP contribution in [0.3, 0.4) is 0 Å². The summed E-state index contributed by atoms with van der Waals surface area (Å²) in [5, 5.41) is 11.8. The normalized spacial score (nSPS) is 10.1. The average Bonchev–Trinajstić information content (AvgIpc) is 2.31. The van der Waals surface area contributed by atoms with Crippen LogP contribution in [0.4, 0.5) is 15.9 Å².